The van der Waals surface area contributed by atoms with Gasteiger partial charge in [-0.15, -0.1) is 22.7 Å². The number of carbonyl (C=O) groups is 1. The van der Waals surface area contributed by atoms with Crippen molar-refractivity contribution in [3.05, 3.63) is 38.0 Å². The second-order valence-corrected chi connectivity index (χ2v) is 6.87. The fraction of sp³-hybridized carbons (Fsp3) is 0.429. The molecule has 0 spiro atoms. The minimum atomic E-state index is -0.0955. The van der Waals surface area contributed by atoms with Crippen LogP contribution in [0.5, 0.6) is 0 Å². The van der Waals surface area contributed by atoms with E-state index in [-0.39, 0.29) is 12.1 Å². The van der Waals surface area contributed by atoms with Gasteiger partial charge in [-0.3, -0.25) is 0 Å². The minimum absolute atomic E-state index is 0.0955. The highest BCUT2D eigenvalue weighted by atomic mass is 32.1. The van der Waals surface area contributed by atoms with Crippen LogP contribution in [-0.2, 0) is 13.0 Å². The third kappa shape index (κ3) is 2.86. The summed E-state index contributed by atoms with van der Waals surface area (Å²) in [7, 11) is 0. The summed E-state index contributed by atoms with van der Waals surface area (Å²) in [4.78, 5) is 18.7. The molecule has 2 heterocycles. The highest BCUT2D eigenvalue weighted by Gasteiger charge is 2.22. The van der Waals surface area contributed by atoms with Gasteiger partial charge in [-0.25, -0.2) is 9.78 Å². The van der Waals surface area contributed by atoms with E-state index < -0.39 is 0 Å². The zero-order valence-corrected chi connectivity index (χ0v) is 12.9. The first-order valence-electron chi connectivity index (χ1n) is 6.73. The number of hydrogen-bond donors (Lipinski definition) is 2. The maximum atomic E-state index is 12.0. The van der Waals surface area contributed by atoms with E-state index in [1.165, 1.54) is 10.4 Å². The zero-order chi connectivity index (χ0) is 13.9. The van der Waals surface area contributed by atoms with Crippen molar-refractivity contribution in [1.82, 2.24) is 15.6 Å². The van der Waals surface area contributed by atoms with Gasteiger partial charge < -0.3 is 10.6 Å². The molecular weight excluding hydrogens is 290 g/mol. The lowest BCUT2D eigenvalue weighted by Crippen LogP contribution is -2.38. The smallest absolute Gasteiger partial charge is 0.315 e. The van der Waals surface area contributed by atoms with Crippen molar-refractivity contribution < 1.29 is 4.79 Å². The number of nitrogens with one attached hydrogen (secondary N) is 2. The van der Waals surface area contributed by atoms with Crippen molar-refractivity contribution in [3.8, 4) is 0 Å². The summed E-state index contributed by atoms with van der Waals surface area (Å²) in [5.74, 6) is 0. The molecule has 1 aliphatic carbocycles. The minimum Gasteiger partial charge on any atom is -0.333 e. The van der Waals surface area contributed by atoms with E-state index in [2.05, 4.69) is 27.1 Å². The van der Waals surface area contributed by atoms with Gasteiger partial charge in [0.1, 0.15) is 0 Å². The van der Waals surface area contributed by atoms with Crippen LogP contribution in [-0.4, -0.2) is 11.0 Å². The van der Waals surface area contributed by atoms with E-state index in [1.54, 1.807) is 22.7 Å². The summed E-state index contributed by atoms with van der Waals surface area (Å²) < 4.78 is 0. The Balaban J connectivity index is 1.57. The van der Waals surface area contributed by atoms with Gasteiger partial charge in [-0.05, 0) is 43.2 Å². The summed E-state index contributed by atoms with van der Waals surface area (Å²) >= 11 is 3.37. The van der Waals surface area contributed by atoms with Crippen molar-refractivity contribution in [2.45, 2.75) is 38.8 Å². The number of carbonyl (C=O) groups excluding carboxylic acids is 1. The van der Waals surface area contributed by atoms with Crippen molar-refractivity contribution in [2.75, 3.05) is 0 Å². The number of thiazole rings is 1. The number of thiophene rings is 1. The summed E-state index contributed by atoms with van der Waals surface area (Å²) in [5, 5.41) is 8.12. The molecule has 2 aromatic heterocycles. The van der Waals surface area contributed by atoms with E-state index in [0.29, 0.717) is 6.54 Å². The van der Waals surface area contributed by atoms with Crippen molar-refractivity contribution in [3.63, 3.8) is 0 Å². The van der Waals surface area contributed by atoms with Gasteiger partial charge in [0.05, 0.1) is 23.8 Å². The lowest BCUT2D eigenvalue weighted by atomic mass is 9.94. The molecule has 1 atom stereocenters. The Kier molecular flexibility index (Phi) is 4.03. The SMILES string of the molecule is Cc1ncsc1CNC(=O)N[C@H]1CCCc2sccc21. The molecule has 2 N–H and O–H groups in total. The highest BCUT2D eigenvalue weighted by Crippen LogP contribution is 2.33. The summed E-state index contributed by atoms with van der Waals surface area (Å²) in [6.45, 7) is 2.51. The third-order valence-electron chi connectivity index (χ3n) is 3.61. The molecule has 6 heteroatoms. The summed E-state index contributed by atoms with van der Waals surface area (Å²) in [5.41, 5.74) is 4.10. The van der Waals surface area contributed by atoms with Crippen LogP contribution in [0.25, 0.3) is 0 Å². The maximum Gasteiger partial charge on any atom is 0.315 e. The Hall–Kier alpha value is -1.40. The number of hydrogen-bond acceptors (Lipinski definition) is 4. The lowest BCUT2D eigenvalue weighted by Gasteiger charge is -2.23. The number of urea groups is 1. The number of nitrogens with zero attached hydrogens (tertiary/aromatic N) is 1. The summed E-state index contributed by atoms with van der Waals surface area (Å²) in [6.07, 6.45) is 3.32. The number of aromatic nitrogens is 1. The predicted molar refractivity (Wildman–Crippen MR) is 82.2 cm³/mol. The normalized spacial score (nSPS) is 17.6. The van der Waals surface area contributed by atoms with Gasteiger partial charge in [0.25, 0.3) is 0 Å². The molecule has 0 unspecified atom stereocenters. The molecule has 3 rings (SSSR count). The van der Waals surface area contributed by atoms with Crippen LogP contribution in [0.3, 0.4) is 0 Å². The molecule has 0 saturated heterocycles. The highest BCUT2D eigenvalue weighted by molar-refractivity contribution is 7.10. The average molecular weight is 307 g/mol. The van der Waals surface area contributed by atoms with E-state index >= 15 is 0 Å². The molecule has 20 heavy (non-hydrogen) atoms. The Labute approximate surface area is 126 Å². The second-order valence-electron chi connectivity index (χ2n) is 4.93. The second kappa shape index (κ2) is 5.93. The molecule has 0 radical (unpaired) electrons. The molecule has 0 aliphatic heterocycles. The Bertz CT molecular complexity index is 605. The number of aryl methyl sites for hydroxylation is 2. The van der Waals surface area contributed by atoms with Gasteiger partial charge in [0.15, 0.2) is 0 Å². The molecule has 2 aromatic rings. The van der Waals surface area contributed by atoms with E-state index in [1.807, 2.05) is 12.4 Å². The average Bonchev–Trinajstić information content (AvgIpc) is 3.06. The summed E-state index contributed by atoms with van der Waals surface area (Å²) in [6, 6.07) is 2.20. The number of amides is 2. The standard InChI is InChI=1S/C14H17N3OS2/c1-9-13(20-8-16-9)7-15-14(18)17-11-3-2-4-12-10(11)5-6-19-12/h5-6,8,11H,2-4,7H2,1H3,(H2,15,17,18)/t11-/m0/s1. The predicted octanol–water partition coefficient (Wildman–Crippen LogP) is 3.39. The first kappa shape index (κ1) is 13.6. The van der Waals surface area contributed by atoms with Crippen molar-refractivity contribution in [1.29, 1.82) is 0 Å². The van der Waals surface area contributed by atoms with Crippen LogP contribution in [0.4, 0.5) is 4.79 Å². The monoisotopic (exact) mass is 307 g/mol. The Morgan fingerprint density at radius 2 is 2.40 bits per heavy atom. The van der Waals surface area contributed by atoms with E-state index in [4.69, 9.17) is 0 Å². The quantitative estimate of drug-likeness (QED) is 0.913. The van der Waals surface area contributed by atoms with Gasteiger partial charge >= 0.3 is 6.03 Å². The number of fused-ring (bicyclic) bond motifs is 1. The van der Waals surface area contributed by atoms with E-state index in [0.717, 1.165) is 29.8 Å². The molecule has 0 saturated carbocycles. The van der Waals surface area contributed by atoms with Crippen LogP contribution < -0.4 is 10.6 Å². The first-order chi connectivity index (χ1) is 9.74. The zero-order valence-electron chi connectivity index (χ0n) is 11.3. The fourth-order valence-electron chi connectivity index (χ4n) is 2.50. The Morgan fingerprint density at radius 3 is 3.20 bits per heavy atom. The molecule has 0 aromatic carbocycles. The molecule has 106 valence electrons. The van der Waals surface area contributed by atoms with Crippen molar-refractivity contribution in [2.24, 2.45) is 0 Å². The first-order valence-corrected chi connectivity index (χ1v) is 8.49. The topological polar surface area (TPSA) is 54.0 Å². The molecule has 4 nitrogen and oxygen atoms in total. The number of rotatable bonds is 3. The van der Waals surface area contributed by atoms with Gasteiger partial charge in [-0.1, -0.05) is 0 Å². The van der Waals surface area contributed by atoms with Crippen molar-refractivity contribution >= 4 is 28.7 Å². The molecule has 0 bridgehead atoms. The van der Waals surface area contributed by atoms with Gasteiger partial charge in [0, 0.05) is 9.75 Å². The Morgan fingerprint density at radius 1 is 1.50 bits per heavy atom. The largest absolute Gasteiger partial charge is 0.333 e. The molecule has 1 aliphatic rings. The maximum absolute atomic E-state index is 12.0. The van der Waals surface area contributed by atoms with Gasteiger partial charge in [0.2, 0.25) is 0 Å². The molecule has 0 fully saturated rings. The molecular formula is C14H17N3OS2. The lowest BCUT2D eigenvalue weighted by molar-refractivity contribution is 0.235. The fourth-order valence-corrected chi connectivity index (χ4v) is 4.21. The van der Waals surface area contributed by atoms with Crippen LogP contribution >= 0.6 is 22.7 Å². The van der Waals surface area contributed by atoms with Crippen LogP contribution in [0, 0.1) is 6.92 Å². The molecule has 2 amide bonds. The van der Waals surface area contributed by atoms with E-state index in [9.17, 15) is 4.79 Å². The van der Waals surface area contributed by atoms with Crippen LogP contribution in [0.2, 0.25) is 0 Å². The third-order valence-corrected chi connectivity index (χ3v) is 5.54. The van der Waals surface area contributed by atoms with Crippen LogP contribution in [0.15, 0.2) is 17.0 Å². The van der Waals surface area contributed by atoms with Crippen LogP contribution in [0.1, 0.15) is 39.9 Å². The van der Waals surface area contributed by atoms with Gasteiger partial charge in [-0.2, -0.15) is 0 Å².